The molecule has 2 atom stereocenters. The van der Waals surface area contributed by atoms with Crippen molar-refractivity contribution in [2.75, 3.05) is 13.1 Å². The zero-order valence-electron chi connectivity index (χ0n) is 12.5. The number of aliphatic carboxylic acids is 1. The highest BCUT2D eigenvalue weighted by atomic mass is 19.4. The van der Waals surface area contributed by atoms with E-state index in [0.29, 0.717) is 0 Å². The molecule has 1 aliphatic heterocycles. The third-order valence-electron chi connectivity index (χ3n) is 3.76. The van der Waals surface area contributed by atoms with E-state index in [0.717, 1.165) is 31.5 Å². The Kier molecular flexibility index (Phi) is 6.52. The van der Waals surface area contributed by atoms with Crippen molar-refractivity contribution >= 4 is 5.97 Å². The van der Waals surface area contributed by atoms with Gasteiger partial charge in [-0.3, -0.25) is 0 Å². The first-order valence-corrected chi connectivity index (χ1v) is 7.04. The van der Waals surface area contributed by atoms with Crippen LogP contribution in [0.5, 0.6) is 0 Å². The zero-order valence-corrected chi connectivity index (χ0v) is 12.5. The fourth-order valence-electron chi connectivity index (χ4n) is 2.35. The van der Waals surface area contributed by atoms with Crippen molar-refractivity contribution in [1.82, 2.24) is 5.32 Å². The van der Waals surface area contributed by atoms with Gasteiger partial charge in [-0.25, -0.2) is 9.18 Å². The highest BCUT2D eigenvalue weighted by Gasteiger charge is 2.38. The van der Waals surface area contributed by atoms with Gasteiger partial charge in [-0.1, -0.05) is 12.1 Å². The van der Waals surface area contributed by atoms with Gasteiger partial charge in [-0.15, -0.1) is 0 Å². The Morgan fingerprint density at radius 2 is 1.78 bits per heavy atom. The number of nitrogens with one attached hydrogen (secondary N) is 1. The van der Waals surface area contributed by atoms with E-state index in [4.69, 9.17) is 9.90 Å². The van der Waals surface area contributed by atoms with Crippen molar-refractivity contribution in [2.24, 2.45) is 5.92 Å². The van der Waals surface area contributed by atoms with Crippen molar-refractivity contribution in [3.8, 4) is 0 Å². The number of carboxylic acid groups (broad SMARTS) is 1. The first-order chi connectivity index (χ1) is 10.5. The van der Waals surface area contributed by atoms with E-state index in [2.05, 4.69) is 5.32 Å². The minimum Gasteiger partial charge on any atom is -0.475 e. The smallest absolute Gasteiger partial charge is 0.475 e. The van der Waals surface area contributed by atoms with E-state index < -0.39 is 17.7 Å². The molecule has 0 bridgehead atoms. The second-order valence-corrected chi connectivity index (χ2v) is 5.50. The lowest BCUT2D eigenvalue weighted by Crippen LogP contribution is -2.42. The predicted molar refractivity (Wildman–Crippen MR) is 75.3 cm³/mol. The Labute approximate surface area is 131 Å². The predicted octanol–water partition coefficient (Wildman–Crippen LogP) is 2.67. The summed E-state index contributed by atoms with van der Waals surface area (Å²) < 4.78 is 44.6. The summed E-state index contributed by atoms with van der Waals surface area (Å²) in [7, 11) is 0. The van der Waals surface area contributed by atoms with Crippen LogP contribution in [-0.4, -0.2) is 35.4 Å². The molecule has 1 saturated heterocycles. The molecule has 0 spiro atoms. The van der Waals surface area contributed by atoms with Gasteiger partial charge < -0.3 is 15.5 Å². The summed E-state index contributed by atoms with van der Waals surface area (Å²) in [6, 6.07) is 6.15. The van der Waals surface area contributed by atoms with Crippen molar-refractivity contribution in [3.05, 3.63) is 35.6 Å². The molecule has 1 aliphatic rings. The summed E-state index contributed by atoms with van der Waals surface area (Å²) in [6.07, 6.45) is -2.99. The van der Waals surface area contributed by atoms with Gasteiger partial charge in [-0.05, 0) is 44.0 Å². The minimum atomic E-state index is -5.08. The number of aliphatic hydroxyl groups is 1. The van der Waals surface area contributed by atoms with E-state index >= 15 is 0 Å². The van der Waals surface area contributed by atoms with Gasteiger partial charge in [0.15, 0.2) is 0 Å². The lowest BCUT2D eigenvalue weighted by molar-refractivity contribution is -0.192. The van der Waals surface area contributed by atoms with E-state index in [-0.39, 0.29) is 11.7 Å². The van der Waals surface area contributed by atoms with Crippen molar-refractivity contribution in [3.63, 3.8) is 0 Å². The van der Waals surface area contributed by atoms with Crippen LogP contribution in [0, 0.1) is 11.7 Å². The van der Waals surface area contributed by atoms with Crippen LogP contribution in [0.25, 0.3) is 0 Å². The molecule has 130 valence electrons. The molecular formula is C15H19F4NO3. The fraction of sp³-hybridized carbons (Fsp3) is 0.533. The number of halogens is 4. The molecule has 2 unspecified atom stereocenters. The molecule has 0 aliphatic carbocycles. The summed E-state index contributed by atoms with van der Waals surface area (Å²) in [4.78, 5) is 8.90. The quantitative estimate of drug-likeness (QED) is 0.726. The molecule has 3 N–H and O–H groups in total. The summed E-state index contributed by atoms with van der Waals surface area (Å²) in [6.45, 7) is 3.66. The normalized spacial score (nSPS) is 20.9. The lowest BCUT2D eigenvalue weighted by Gasteiger charge is -2.36. The molecule has 1 aromatic carbocycles. The van der Waals surface area contributed by atoms with Crippen LogP contribution in [-0.2, 0) is 10.4 Å². The number of hydrogen-bond donors (Lipinski definition) is 3. The number of rotatable bonds is 2. The molecule has 1 fully saturated rings. The molecular weight excluding hydrogens is 318 g/mol. The number of piperidine rings is 1. The molecule has 2 rings (SSSR count). The number of carboxylic acids is 1. The van der Waals surface area contributed by atoms with E-state index in [1.165, 1.54) is 12.1 Å². The minimum absolute atomic E-state index is 0.201. The van der Waals surface area contributed by atoms with Gasteiger partial charge in [0.25, 0.3) is 0 Å². The molecule has 4 nitrogen and oxygen atoms in total. The first-order valence-electron chi connectivity index (χ1n) is 7.04. The maximum atomic E-state index is 12.8. The Bertz CT molecular complexity index is 508. The fourth-order valence-corrected chi connectivity index (χ4v) is 2.35. The van der Waals surface area contributed by atoms with Crippen LogP contribution in [0.1, 0.15) is 25.3 Å². The van der Waals surface area contributed by atoms with Crippen LogP contribution in [0.2, 0.25) is 0 Å². The lowest BCUT2D eigenvalue weighted by atomic mass is 9.79. The average Bonchev–Trinajstić information content (AvgIpc) is 2.48. The largest absolute Gasteiger partial charge is 0.490 e. The topological polar surface area (TPSA) is 69.6 Å². The van der Waals surface area contributed by atoms with Crippen molar-refractivity contribution < 1.29 is 32.6 Å². The second kappa shape index (κ2) is 7.74. The molecule has 23 heavy (non-hydrogen) atoms. The Morgan fingerprint density at radius 3 is 2.17 bits per heavy atom. The van der Waals surface area contributed by atoms with Gasteiger partial charge >= 0.3 is 12.1 Å². The number of benzene rings is 1. The summed E-state index contributed by atoms with van der Waals surface area (Å²) in [5, 5.41) is 21.0. The zero-order chi connectivity index (χ0) is 17.7. The highest BCUT2D eigenvalue weighted by molar-refractivity contribution is 5.73. The molecule has 0 radical (unpaired) electrons. The molecule has 0 amide bonds. The van der Waals surface area contributed by atoms with Crippen LogP contribution < -0.4 is 5.32 Å². The molecule has 1 aromatic rings. The van der Waals surface area contributed by atoms with Crippen molar-refractivity contribution in [2.45, 2.75) is 31.5 Å². The maximum absolute atomic E-state index is 12.8. The molecule has 1 heterocycles. The third-order valence-corrected chi connectivity index (χ3v) is 3.76. The van der Waals surface area contributed by atoms with Crippen LogP contribution in [0.4, 0.5) is 17.6 Å². The third kappa shape index (κ3) is 5.80. The van der Waals surface area contributed by atoms with E-state index in [1.54, 1.807) is 12.1 Å². The number of alkyl halides is 3. The summed E-state index contributed by atoms with van der Waals surface area (Å²) in [5.74, 6) is -2.82. The average molecular weight is 337 g/mol. The standard InChI is InChI=1S/C13H18FNO.C2HF3O2/c1-13(16,11-3-2-8-15-9-11)10-4-6-12(14)7-5-10;3-2(4,5)1(6)7/h4-7,11,15-16H,2-3,8-9H2,1H3;(H,6,7). The molecule has 0 aromatic heterocycles. The van der Waals surface area contributed by atoms with Gasteiger partial charge in [0, 0.05) is 12.5 Å². The highest BCUT2D eigenvalue weighted by Crippen LogP contribution is 2.33. The Hall–Kier alpha value is -1.67. The van der Waals surface area contributed by atoms with Crippen LogP contribution in [0.15, 0.2) is 24.3 Å². The molecule has 0 saturated carbocycles. The van der Waals surface area contributed by atoms with Gasteiger partial charge in [0.1, 0.15) is 5.82 Å². The van der Waals surface area contributed by atoms with Gasteiger partial charge in [-0.2, -0.15) is 13.2 Å². The summed E-state index contributed by atoms with van der Waals surface area (Å²) >= 11 is 0. The second-order valence-electron chi connectivity index (χ2n) is 5.50. The SMILES string of the molecule is CC(O)(c1ccc(F)cc1)C1CCCNC1.O=C(O)C(F)(F)F. The van der Waals surface area contributed by atoms with Crippen molar-refractivity contribution in [1.29, 1.82) is 0 Å². The van der Waals surface area contributed by atoms with E-state index in [9.17, 15) is 22.7 Å². The maximum Gasteiger partial charge on any atom is 0.490 e. The Morgan fingerprint density at radius 1 is 1.26 bits per heavy atom. The molecule has 8 heteroatoms. The first kappa shape index (κ1) is 19.4. The number of carbonyl (C=O) groups is 1. The number of hydrogen-bond acceptors (Lipinski definition) is 3. The Balaban J connectivity index is 0.000000322. The van der Waals surface area contributed by atoms with E-state index in [1.807, 2.05) is 6.92 Å². The van der Waals surface area contributed by atoms with Gasteiger partial charge in [0.05, 0.1) is 5.60 Å². The van der Waals surface area contributed by atoms with Crippen LogP contribution in [0.3, 0.4) is 0 Å². The monoisotopic (exact) mass is 337 g/mol. The van der Waals surface area contributed by atoms with Gasteiger partial charge in [0.2, 0.25) is 0 Å². The van der Waals surface area contributed by atoms with Crippen LogP contribution >= 0.6 is 0 Å². The summed E-state index contributed by atoms with van der Waals surface area (Å²) in [5.41, 5.74) is -0.0798.